The fourth-order valence-electron chi connectivity index (χ4n) is 2.89. The molecule has 0 aliphatic heterocycles. The Kier molecular flexibility index (Phi) is 10.1. The van der Waals surface area contributed by atoms with Gasteiger partial charge in [-0.1, -0.05) is 72.3 Å². The number of guanidine groups is 1. The first kappa shape index (κ1) is 25.8. The van der Waals surface area contributed by atoms with Crippen molar-refractivity contribution in [2.75, 3.05) is 12.4 Å². The highest BCUT2D eigenvalue weighted by atomic mass is 127. The van der Waals surface area contributed by atoms with E-state index in [1.54, 1.807) is 0 Å². The van der Waals surface area contributed by atoms with Crippen LogP contribution in [0.5, 0.6) is 0 Å². The van der Waals surface area contributed by atoms with Crippen molar-refractivity contribution >= 4 is 45.6 Å². The minimum Gasteiger partial charge on any atom is -0.352 e. The lowest BCUT2D eigenvalue weighted by Gasteiger charge is -2.13. The molecule has 0 unspecified atom stereocenters. The number of nitrogens with zero attached hydrogens (tertiary/aromatic N) is 1. The van der Waals surface area contributed by atoms with Gasteiger partial charge in [0.1, 0.15) is 0 Å². The fraction of sp³-hybridized carbons (Fsp3) is 0.208. The summed E-state index contributed by atoms with van der Waals surface area (Å²) in [5.74, 6) is 0.639. The molecule has 0 aromatic heterocycles. The van der Waals surface area contributed by atoms with Crippen molar-refractivity contribution in [2.45, 2.75) is 25.8 Å². The number of halogens is 1. The van der Waals surface area contributed by atoms with E-state index >= 15 is 0 Å². The molecule has 0 saturated carbocycles. The normalized spacial score (nSPS) is 11.5. The van der Waals surface area contributed by atoms with Crippen LogP contribution in [-0.2, 0) is 28.9 Å². The average molecular weight is 564 g/mol. The summed E-state index contributed by atoms with van der Waals surface area (Å²) in [6, 6.07) is 25.7. The van der Waals surface area contributed by atoms with Gasteiger partial charge in [0.15, 0.2) is 5.96 Å². The molecule has 0 aliphatic carbocycles. The van der Waals surface area contributed by atoms with E-state index in [-0.39, 0.29) is 29.7 Å². The summed E-state index contributed by atoms with van der Waals surface area (Å²) in [5.41, 5.74) is 5.08. The average Bonchev–Trinajstić information content (AvgIpc) is 2.78. The van der Waals surface area contributed by atoms with Gasteiger partial charge in [0, 0.05) is 12.2 Å². The molecule has 0 bridgehead atoms. The number of sulfonamides is 1. The van der Waals surface area contributed by atoms with Crippen LogP contribution in [-0.4, -0.2) is 21.4 Å². The van der Waals surface area contributed by atoms with Gasteiger partial charge >= 0.3 is 0 Å². The van der Waals surface area contributed by atoms with Gasteiger partial charge < -0.3 is 10.6 Å². The number of para-hydroxylation sites is 1. The number of aliphatic imine (C=N–C) groups is 1. The Hall–Kier alpha value is -2.43. The molecular formula is C24H29IN4O2S. The van der Waals surface area contributed by atoms with Crippen LogP contribution in [0.4, 0.5) is 5.69 Å². The third-order valence-corrected chi connectivity index (χ3v) is 6.06. The molecule has 0 spiro atoms. The summed E-state index contributed by atoms with van der Waals surface area (Å²) < 4.78 is 25.7. The first-order valence-corrected chi connectivity index (χ1v) is 11.7. The van der Waals surface area contributed by atoms with Gasteiger partial charge in [-0.2, -0.15) is 0 Å². The molecular weight excluding hydrogens is 535 g/mol. The molecule has 6 nitrogen and oxygen atoms in total. The zero-order valence-corrected chi connectivity index (χ0v) is 21.4. The monoisotopic (exact) mass is 564 g/mol. The zero-order valence-electron chi connectivity index (χ0n) is 18.2. The van der Waals surface area contributed by atoms with Crippen LogP contribution in [0.1, 0.15) is 22.3 Å². The Labute approximate surface area is 207 Å². The fourth-order valence-corrected chi connectivity index (χ4v) is 3.67. The van der Waals surface area contributed by atoms with E-state index in [1.807, 2.05) is 54.6 Å². The number of hydrogen-bond acceptors (Lipinski definition) is 3. The molecule has 170 valence electrons. The lowest BCUT2D eigenvalue weighted by molar-refractivity contribution is 0.587. The van der Waals surface area contributed by atoms with Gasteiger partial charge in [0.2, 0.25) is 10.0 Å². The van der Waals surface area contributed by atoms with Crippen LogP contribution in [0.3, 0.4) is 0 Å². The standard InChI is InChI=1S/C24H28N4O2S.HI/c1-19-8-10-20(11-9-19)16-26-24(28-23-6-4-3-5-7-23)27-17-21-12-14-22(15-13-21)18-31(29,30)25-2;/h3-15,25H,16-18H2,1-2H3,(H2,26,27,28);1H. The zero-order chi connectivity index (χ0) is 22.1. The predicted molar refractivity (Wildman–Crippen MR) is 143 cm³/mol. The van der Waals surface area contributed by atoms with Gasteiger partial charge in [-0.25, -0.2) is 18.1 Å². The molecule has 32 heavy (non-hydrogen) atoms. The lowest BCUT2D eigenvalue weighted by atomic mass is 10.1. The van der Waals surface area contributed by atoms with Crippen molar-refractivity contribution in [1.29, 1.82) is 0 Å². The summed E-state index contributed by atoms with van der Waals surface area (Å²) in [6.07, 6.45) is 0. The lowest BCUT2D eigenvalue weighted by Crippen LogP contribution is -2.30. The van der Waals surface area contributed by atoms with Crippen molar-refractivity contribution < 1.29 is 8.42 Å². The minimum absolute atomic E-state index is 0. The molecule has 8 heteroatoms. The molecule has 3 rings (SSSR count). The highest BCUT2D eigenvalue weighted by Crippen LogP contribution is 2.10. The number of nitrogens with one attached hydrogen (secondary N) is 3. The topological polar surface area (TPSA) is 82.6 Å². The number of anilines is 1. The molecule has 0 radical (unpaired) electrons. The molecule has 3 N–H and O–H groups in total. The summed E-state index contributed by atoms with van der Waals surface area (Å²) in [4.78, 5) is 4.71. The maximum Gasteiger partial charge on any atom is 0.215 e. The van der Waals surface area contributed by atoms with Crippen molar-refractivity contribution in [1.82, 2.24) is 10.0 Å². The van der Waals surface area contributed by atoms with Crippen LogP contribution in [0, 0.1) is 6.92 Å². The smallest absolute Gasteiger partial charge is 0.215 e. The third-order valence-electron chi connectivity index (χ3n) is 4.73. The molecule has 0 saturated heterocycles. The van der Waals surface area contributed by atoms with E-state index in [1.165, 1.54) is 18.2 Å². The number of benzene rings is 3. The van der Waals surface area contributed by atoms with Crippen LogP contribution >= 0.6 is 24.0 Å². The summed E-state index contributed by atoms with van der Waals surface area (Å²) >= 11 is 0. The van der Waals surface area contributed by atoms with E-state index in [4.69, 9.17) is 4.99 Å². The number of hydrogen-bond donors (Lipinski definition) is 3. The van der Waals surface area contributed by atoms with Crippen LogP contribution in [0.15, 0.2) is 83.9 Å². The summed E-state index contributed by atoms with van der Waals surface area (Å²) in [5, 5.41) is 6.71. The number of aryl methyl sites for hydroxylation is 1. The summed E-state index contributed by atoms with van der Waals surface area (Å²) in [6.45, 7) is 3.19. The van der Waals surface area contributed by atoms with Crippen LogP contribution in [0.25, 0.3) is 0 Å². The van der Waals surface area contributed by atoms with Crippen LogP contribution in [0.2, 0.25) is 0 Å². The maximum absolute atomic E-state index is 11.7. The Balaban J connectivity index is 0.00000363. The second kappa shape index (κ2) is 12.6. The van der Waals surface area contributed by atoms with Gasteiger partial charge in [-0.3, -0.25) is 0 Å². The van der Waals surface area contributed by atoms with Crippen molar-refractivity contribution in [2.24, 2.45) is 4.99 Å². The van der Waals surface area contributed by atoms with Gasteiger partial charge in [0.25, 0.3) is 0 Å². The van der Waals surface area contributed by atoms with E-state index in [0.29, 0.717) is 19.0 Å². The minimum atomic E-state index is -3.28. The maximum atomic E-state index is 11.7. The highest BCUT2D eigenvalue weighted by Gasteiger charge is 2.08. The van der Waals surface area contributed by atoms with E-state index in [0.717, 1.165) is 16.8 Å². The molecule has 3 aromatic carbocycles. The van der Waals surface area contributed by atoms with Gasteiger partial charge in [0.05, 0.1) is 12.3 Å². The number of rotatable bonds is 8. The predicted octanol–water partition coefficient (Wildman–Crippen LogP) is 4.42. The molecule has 0 fully saturated rings. The van der Waals surface area contributed by atoms with E-state index in [2.05, 4.69) is 46.5 Å². The Bertz CT molecular complexity index is 1100. The Morgan fingerprint density at radius 1 is 0.844 bits per heavy atom. The van der Waals surface area contributed by atoms with Crippen molar-refractivity contribution in [3.8, 4) is 0 Å². The Morgan fingerprint density at radius 2 is 1.44 bits per heavy atom. The largest absolute Gasteiger partial charge is 0.352 e. The van der Waals surface area contributed by atoms with Gasteiger partial charge in [-0.15, -0.1) is 24.0 Å². The molecule has 0 atom stereocenters. The van der Waals surface area contributed by atoms with E-state index in [9.17, 15) is 8.42 Å². The molecule has 3 aromatic rings. The second-order valence-electron chi connectivity index (χ2n) is 7.27. The molecule has 0 aliphatic rings. The third kappa shape index (κ3) is 8.60. The SMILES string of the molecule is CNS(=O)(=O)Cc1ccc(CN=C(NCc2ccc(C)cc2)Nc2ccccc2)cc1.I. The molecule has 0 amide bonds. The second-order valence-corrected chi connectivity index (χ2v) is 9.20. The first-order valence-electron chi connectivity index (χ1n) is 10.1. The van der Waals surface area contributed by atoms with Crippen LogP contribution < -0.4 is 15.4 Å². The first-order chi connectivity index (χ1) is 14.9. The summed E-state index contributed by atoms with van der Waals surface area (Å²) in [7, 11) is -1.86. The quantitative estimate of drug-likeness (QED) is 0.215. The highest BCUT2D eigenvalue weighted by molar-refractivity contribution is 14.0. The van der Waals surface area contributed by atoms with Crippen molar-refractivity contribution in [3.05, 3.63) is 101 Å². The van der Waals surface area contributed by atoms with Gasteiger partial charge in [-0.05, 0) is 42.8 Å². The van der Waals surface area contributed by atoms with E-state index < -0.39 is 10.0 Å². The Morgan fingerprint density at radius 3 is 2.06 bits per heavy atom. The van der Waals surface area contributed by atoms with Crippen molar-refractivity contribution in [3.63, 3.8) is 0 Å². The molecule has 0 heterocycles.